The quantitative estimate of drug-likeness (QED) is 0.873. The molecule has 1 heterocycles. The Hall–Kier alpha value is -1.41. The van der Waals surface area contributed by atoms with E-state index in [9.17, 15) is 0 Å². The average Bonchev–Trinajstić information content (AvgIpc) is 2.28. The van der Waals surface area contributed by atoms with Crippen molar-refractivity contribution >= 4 is 10.8 Å². The fourth-order valence-corrected chi connectivity index (χ4v) is 2.31. The van der Waals surface area contributed by atoms with Crippen molar-refractivity contribution < 1.29 is 0 Å². The first-order valence-corrected chi connectivity index (χ1v) is 6.24. The Bertz CT molecular complexity index is 486. The van der Waals surface area contributed by atoms with Crippen LogP contribution in [0.5, 0.6) is 0 Å². The fraction of sp³-hybridized carbons (Fsp3) is 0.400. The number of hydrogen-bond donors (Lipinski definition) is 1. The van der Waals surface area contributed by atoms with Crippen molar-refractivity contribution in [2.24, 2.45) is 11.7 Å². The van der Waals surface area contributed by atoms with Crippen LogP contribution in [0.2, 0.25) is 0 Å². The summed E-state index contributed by atoms with van der Waals surface area (Å²) in [5, 5.41) is 2.48. The standard InChI is InChI=1S/C15H20N2/c1-11(2)7-14(16)8-13-10-17-9-12-5-3-4-6-15(12)13/h3-6,9-11,14H,7-8,16H2,1-2H3. The number of nitrogens with two attached hydrogens (primary N) is 1. The van der Waals surface area contributed by atoms with Crippen LogP contribution < -0.4 is 5.73 Å². The first-order chi connectivity index (χ1) is 8.16. The SMILES string of the molecule is CC(C)CC(N)Cc1cncc2ccccc12. The van der Waals surface area contributed by atoms with Crippen LogP contribution in [0, 0.1) is 5.92 Å². The van der Waals surface area contributed by atoms with E-state index in [0.29, 0.717) is 5.92 Å². The molecule has 0 saturated heterocycles. The number of pyridine rings is 1. The topological polar surface area (TPSA) is 38.9 Å². The molecule has 0 aliphatic heterocycles. The highest BCUT2D eigenvalue weighted by atomic mass is 14.6. The number of rotatable bonds is 4. The van der Waals surface area contributed by atoms with Gasteiger partial charge in [-0.2, -0.15) is 0 Å². The molecule has 2 nitrogen and oxygen atoms in total. The van der Waals surface area contributed by atoms with E-state index in [4.69, 9.17) is 5.73 Å². The number of hydrogen-bond acceptors (Lipinski definition) is 2. The molecule has 0 bridgehead atoms. The predicted octanol–water partition coefficient (Wildman–Crippen LogP) is 3.15. The van der Waals surface area contributed by atoms with E-state index >= 15 is 0 Å². The van der Waals surface area contributed by atoms with E-state index in [1.54, 1.807) is 0 Å². The minimum absolute atomic E-state index is 0.225. The summed E-state index contributed by atoms with van der Waals surface area (Å²) in [7, 11) is 0. The second kappa shape index (κ2) is 5.28. The van der Waals surface area contributed by atoms with Gasteiger partial charge in [0, 0.05) is 23.8 Å². The van der Waals surface area contributed by atoms with E-state index in [0.717, 1.165) is 12.8 Å². The Balaban J connectivity index is 2.24. The van der Waals surface area contributed by atoms with Crippen LogP contribution >= 0.6 is 0 Å². The third-order valence-electron chi connectivity index (χ3n) is 3.01. The number of fused-ring (bicyclic) bond motifs is 1. The molecule has 0 fully saturated rings. The second-order valence-electron chi connectivity index (χ2n) is 5.11. The van der Waals surface area contributed by atoms with Gasteiger partial charge in [0.2, 0.25) is 0 Å². The van der Waals surface area contributed by atoms with Crippen molar-refractivity contribution in [1.29, 1.82) is 0 Å². The first kappa shape index (κ1) is 12.1. The average molecular weight is 228 g/mol. The van der Waals surface area contributed by atoms with Crippen LogP contribution in [-0.4, -0.2) is 11.0 Å². The highest BCUT2D eigenvalue weighted by Gasteiger charge is 2.09. The molecule has 2 heteroatoms. The van der Waals surface area contributed by atoms with Gasteiger partial charge in [0.25, 0.3) is 0 Å². The van der Waals surface area contributed by atoms with E-state index in [-0.39, 0.29) is 6.04 Å². The molecule has 0 amide bonds. The summed E-state index contributed by atoms with van der Waals surface area (Å²) in [5.41, 5.74) is 7.43. The molecular formula is C15H20N2. The van der Waals surface area contributed by atoms with Crippen LogP contribution in [0.3, 0.4) is 0 Å². The van der Waals surface area contributed by atoms with E-state index in [1.165, 1.54) is 16.3 Å². The van der Waals surface area contributed by atoms with Gasteiger partial charge in [0.15, 0.2) is 0 Å². The van der Waals surface area contributed by atoms with Crippen molar-refractivity contribution in [2.45, 2.75) is 32.7 Å². The minimum Gasteiger partial charge on any atom is -0.327 e. The molecule has 1 unspecified atom stereocenters. The summed E-state index contributed by atoms with van der Waals surface area (Å²) in [6, 6.07) is 8.58. The molecule has 0 saturated carbocycles. The van der Waals surface area contributed by atoms with Crippen LogP contribution in [0.25, 0.3) is 10.8 Å². The smallest absolute Gasteiger partial charge is 0.0346 e. The lowest BCUT2D eigenvalue weighted by Crippen LogP contribution is -2.24. The predicted molar refractivity (Wildman–Crippen MR) is 72.9 cm³/mol. The summed E-state index contributed by atoms with van der Waals surface area (Å²) in [6.07, 6.45) is 5.82. The Morgan fingerprint density at radius 3 is 2.71 bits per heavy atom. The molecule has 90 valence electrons. The summed E-state index contributed by atoms with van der Waals surface area (Å²) in [6.45, 7) is 4.42. The number of benzene rings is 1. The number of nitrogens with zero attached hydrogens (tertiary/aromatic N) is 1. The molecule has 0 aliphatic carbocycles. The largest absolute Gasteiger partial charge is 0.327 e. The van der Waals surface area contributed by atoms with Gasteiger partial charge in [-0.25, -0.2) is 0 Å². The van der Waals surface area contributed by atoms with Crippen LogP contribution in [0.1, 0.15) is 25.8 Å². The Kier molecular flexibility index (Phi) is 3.75. The van der Waals surface area contributed by atoms with Crippen molar-refractivity contribution in [1.82, 2.24) is 4.98 Å². The van der Waals surface area contributed by atoms with Crippen molar-refractivity contribution in [3.63, 3.8) is 0 Å². The number of aromatic nitrogens is 1. The molecule has 1 aromatic heterocycles. The maximum absolute atomic E-state index is 6.17. The normalized spacial score (nSPS) is 13.2. The molecule has 2 rings (SSSR count). The van der Waals surface area contributed by atoms with Gasteiger partial charge in [-0.15, -0.1) is 0 Å². The van der Waals surface area contributed by atoms with Crippen molar-refractivity contribution in [2.75, 3.05) is 0 Å². The van der Waals surface area contributed by atoms with Gasteiger partial charge in [-0.3, -0.25) is 4.98 Å². The fourth-order valence-electron chi connectivity index (χ4n) is 2.31. The second-order valence-corrected chi connectivity index (χ2v) is 5.11. The molecule has 0 spiro atoms. The van der Waals surface area contributed by atoms with Crippen LogP contribution in [0.15, 0.2) is 36.7 Å². The summed E-state index contributed by atoms with van der Waals surface area (Å²) in [5.74, 6) is 0.646. The highest BCUT2D eigenvalue weighted by molar-refractivity contribution is 5.84. The Labute approximate surface area is 103 Å². The molecule has 0 aliphatic rings. The molecule has 1 aromatic carbocycles. The van der Waals surface area contributed by atoms with Gasteiger partial charge < -0.3 is 5.73 Å². The highest BCUT2D eigenvalue weighted by Crippen LogP contribution is 2.19. The van der Waals surface area contributed by atoms with Gasteiger partial charge in [-0.1, -0.05) is 38.1 Å². The lowest BCUT2D eigenvalue weighted by molar-refractivity contribution is 0.494. The minimum atomic E-state index is 0.225. The maximum Gasteiger partial charge on any atom is 0.0346 e. The van der Waals surface area contributed by atoms with E-state index in [2.05, 4.69) is 37.0 Å². The third-order valence-corrected chi connectivity index (χ3v) is 3.01. The lowest BCUT2D eigenvalue weighted by Gasteiger charge is -2.15. The zero-order valence-electron chi connectivity index (χ0n) is 10.6. The van der Waals surface area contributed by atoms with E-state index < -0.39 is 0 Å². The van der Waals surface area contributed by atoms with Gasteiger partial charge in [0.05, 0.1) is 0 Å². The van der Waals surface area contributed by atoms with Crippen LogP contribution in [-0.2, 0) is 6.42 Å². The molecule has 2 N–H and O–H groups in total. The molecule has 17 heavy (non-hydrogen) atoms. The van der Waals surface area contributed by atoms with Gasteiger partial charge >= 0.3 is 0 Å². The van der Waals surface area contributed by atoms with Crippen molar-refractivity contribution in [3.8, 4) is 0 Å². The molecular weight excluding hydrogens is 208 g/mol. The van der Waals surface area contributed by atoms with Crippen molar-refractivity contribution in [3.05, 3.63) is 42.2 Å². The summed E-state index contributed by atoms with van der Waals surface area (Å²) < 4.78 is 0. The van der Waals surface area contributed by atoms with Crippen LogP contribution in [0.4, 0.5) is 0 Å². The lowest BCUT2D eigenvalue weighted by atomic mass is 9.96. The summed E-state index contributed by atoms with van der Waals surface area (Å²) >= 11 is 0. The molecule has 0 radical (unpaired) electrons. The van der Waals surface area contributed by atoms with Gasteiger partial charge in [0.1, 0.15) is 0 Å². The Morgan fingerprint density at radius 2 is 1.94 bits per heavy atom. The van der Waals surface area contributed by atoms with Gasteiger partial charge in [-0.05, 0) is 29.7 Å². The van der Waals surface area contributed by atoms with E-state index in [1.807, 2.05) is 18.5 Å². The molecule has 2 aromatic rings. The first-order valence-electron chi connectivity index (χ1n) is 6.24. The zero-order valence-corrected chi connectivity index (χ0v) is 10.6. The Morgan fingerprint density at radius 1 is 1.18 bits per heavy atom. The third kappa shape index (κ3) is 3.04. The zero-order chi connectivity index (χ0) is 12.3. The maximum atomic E-state index is 6.17. The monoisotopic (exact) mass is 228 g/mol. The molecule has 1 atom stereocenters. The summed E-state index contributed by atoms with van der Waals surface area (Å²) in [4.78, 5) is 4.29.